The van der Waals surface area contributed by atoms with Crippen LogP contribution in [0.15, 0.2) is 52.3 Å². The third-order valence-electron chi connectivity index (χ3n) is 6.26. The van der Waals surface area contributed by atoms with Crippen molar-refractivity contribution in [1.82, 2.24) is 10.2 Å². The summed E-state index contributed by atoms with van der Waals surface area (Å²) >= 11 is 3.65. The van der Waals surface area contributed by atoms with Gasteiger partial charge in [-0.25, -0.2) is 0 Å². The van der Waals surface area contributed by atoms with Gasteiger partial charge in [-0.2, -0.15) is 5.26 Å². The number of amides is 1. The second-order valence-electron chi connectivity index (χ2n) is 8.28. The molecule has 3 aromatic rings. The summed E-state index contributed by atoms with van der Waals surface area (Å²) in [5, 5.41) is 20.4. The molecule has 1 aromatic heterocycles. The number of carbonyl (C=O) groups is 1. The van der Waals surface area contributed by atoms with Crippen LogP contribution in [0.2, 0.25) is 0 Å². The molecule has 0 saturated carbocycles. The molecule has 2 aliphatic rings. The number of hydrogen-bond acceptors (Lipinski definition) is 6. The minimum atomic E-state index is -1.52. The number of fused-ring (bicyclic) bond motifs is 4. The van der Waals surface area contributed by atoms with Crippen LogP contribution in [-0.4, -0.2) is 22.7 Å². The Morgan fingerprint density at radius 3 is 2.71 bits per heavy atom. The van der Waals surface area contributed by atoms with Crippen molar-refractivity contribution in [2.24, 2.45) is 5.73 Å². The average molecular weight is 520 g/mol. The largest absolute Gasteiger partial charge is 0.494 e. The molecule has 0 saturated heterocycles. The molecule has 9 heteroatoms. The van der Waals surface area contributed by atoms with Crippen molar-refractivity contribution in [2.75, 3.05) is 11.9 Å². The number of ether oxygens (including phenoxy) is 2. The lowest BCUT2D eigenvalue weighted by molar-refractivity contribution is -0.118. The van der Waals surface area contributed by atoms with Gasteiger partial charge >= 0.3 is 0 Å². The van der Waals surface area contributed by atoms with Gasteiger partial charge < -0.3 is 20.5 Å². The van der Waals surface area contributed by atoms with Gasteiger partial charge in [0.15, 0.2) is 0 Å². The zero-order chi connectivity index (χ0) is 24.0. The van der Waals surface area contributed by atoms with Gasteiger partial charge in [0.05, 0.1) is 17.9 Å². The van der Waals surface area contributed by atoms with Gasteiger partial charge in [-0.3, -0.25) is 9.89 Å². The third kappa shape index (κ3) is 3.02. The SMILES string of the molecule is CCCCOc1ccc(-c2[nH]nc3c2[C@]2(C(=O)Nc4ccc(C)c(Br)c42)C(C#N)=C(N)O3)cc1. The molecule has 0 unspecified atom stereocenters. The van der Waals surface area contributed by atoms with E-state index in [2.05, 4.69) is 44.4 Å². The van der Waals surface area contributed by atoms with E-state index in [1.807, 2.05) is 43.3 Å². The molecule has 3 heterocycles. The number of nitriles is 1. The summed E-state index contributed by atoms with van der Waals surface area (Å²) in [5.41, 5.74) is 8.56. The Labute approximate surface area is 204 Å². The van der Waals surface area contributed by atoms with E-state index in [9.17, 15) is 10.1 Å². The van der Waals surface area contributed by atoms with Gasteiger partial charge in [0, 0.05) is 21.3 Å². The highest BCUT2D eigenvalue weighted by Gasteiger charge is 2.59. The van der Waals surface area contributed by atoms with Crippen LogP contribution in [0.25, 0.3) is 11.3 Å². The first kappa shape index (κ1) is 22.0. The summed E-state index contributed by atoms with van der Waals surface area (Å²) in [6.45, 7) is 4.68. The summed E-state index contributed by atoms with van der Waals surface area (Å²) < 4.78 is 12.2. The van der Waals surface area contributed by atoms with Crippen LogP contribution in [0.4, 0.5) is 5.69 Å². The average Bonchev–Trinajstić information content (AvgIpc) is 3.37. The number of carbonyl (C=O) groups excluding carboxylic acids is 1. The summed E-state index contributed by atoms with van der Waals surface area (Å²) in [7, 11) is 0. The zero-order valence-corrected chi connectivity index (χ0v) is 20.2. The highest BCUT2D eigenvalue weighted by atomic mass is 79.9. The number of nitrogens with two attached hydrogens (primary N) is 1. The van der Waals surface area contributed by atoms with E-state index in [0.717, 1.165) is 29.7 Å². The van der Waals surface area contributed by atoms with Gasteiger partial charge in [0.2, 0.25) is 17.7 Å². The van der Waals surface area contributed by atoms with Crippen molar-refractivity contribution in [3.63, 3.8) is 0 Å². The van der Waals surface area contributed by atoms with Crippen LogP contribution in [-0.2, 0) is 10.2 Å². The number of anilines is 1. The molecule has 34 heavy (non-hydrogen) atoms. The fraction of sp³-hybridized carbons (Fsp3) is 0.240. The van der Waals surface area contributed by atoms with E-state index in [1.54, 1.807) is 0 Å². The Hall–Kier alpha value is -3.77. The molecular weight excluding hydrogens is 498 g/mol. The highest BCUT2D eigenvalue weighted by molar-refractivity contribution is 9.10. The van der Waals surface area contributed by atoms with Gasteiger partial charge in [-0.1, -0.05) is 35.3 Å². The maximum Gasteiger partial charge on any atom is 0.245 e. The van der Waals surface area contributed by atoms with E-state index >= 15 is 0 Å². The first-order valence-electron chi connectivity index (χ1n) is 10.9. The number of H-pyrrole nitrogens is 1. The minimum absolute atomic E-state index is 0.0183. The van der Waals surface area contributed by atoms with Crippen molar-refractivity contribution in [1.29, 1.82) is 5.26 Å². The molecule has 2 aromatic carbocycles. The number of nitrogens with zero attached hydrogens (tertiary/aromatic N) is 2. The smallest absolute Gasteiger partial charge is 0.245 e. The van der Waals surface area contributed by atoms with Crippen molar-refractivity contribution in [2.45, 2.75) is 32.1 Å². The number of hydrogen-bond donors (Lipinski definition) is 3. The second-order valence-corrected chi connectivity index (χ2v) is 9.07. The standard InChI is InChI=1S/C25H22BrN5O3/c1-3-4-11-33-15-8-6-14(7-9-15)21-19-23(31-30-21)34-22(28)16(12-27)25(19)18-17(29-24(25)32)10-5-13(2)20(18)26/h5-10H,3-4,11,28H2,1-2H3,(H,29,32)(H,30,31)/t25-/m0/s1. The number of halogens is 1. The zero-order valence-electron chi connectivity index (χ0n) is 18.7. The molecule has 8 nitrogen and oxygen atoms in total. The summed E-state index contributed by atoms with van der Waals surface area (Å²) in [6.07, 6.45) is 2.03. The van der Waals surface area contributed by atoms with Crippen molar-refractivity contribution in [3.8, 4) is 29.0 Å². The molecule has 1 atom stereocenters. The van der Waals surface area contributed by atoms with Crippen LogP contribution in [0.5, 0.6) is 11.6 Å². The molecule has 0 bridgehead atoms. The number of unbranched alkanes of at least 4 members (excludes halogenated alkanes) is 1. The van der Waals surface area contributed by atoms with Crippen LogP contribution in [0.3, 0.4) is 0 Å². The predicted octanol–water partition coefficient (Wildman–Crippen LogP) is 4.65. The van der Waals surface area contributed by atoms with Crippen molar-refractivity contribution in [3.05, 3.63) is 69.0 Å². The first-order valence-corrected chi connectivity index (χ1v) is 11.7. The van der Waals surface area contributed by atoms with Gasteiger partial charge in [0.25, 0.3) is 0 Å². The maximum absolute atomic E-state index is 13.7. The molecule has 172 valence electrons. The summed E-state index contributed by atoms with van der Waals surface area (Å²) in [6, 6.07) is 13.4. The molecule has 0 aliphatic carbocycles. The lowest BCUT2D eigenvalue weighted by Crippen LogP contribution is -2.42. The Balaban J connectivity index is 1.73. The number of benzene rings is 2. The van der Waals surface area contributed by atoms with Gasteiger partial charge in [-0.05, 0) is 49.2 Å². The molecule has 0 fully saturated rings. The Morgan fingerprint density at radius 2 is 2.00 bits per heavy atom. The van der Waals surface area contributed by atoms with Crippen LogP contribution in [0, 0.1) is 18.3 Å². The van der Waals surface area contributed by atoms with Crippen LogP contribution in [0.1, 0.15) is 36.5 Å². The molecule has 5 rings (SSSR count). The van der Waals surface area contributed by atoms with Crippen LogP contribution >= 0.6 is 15.9 Å². The minimum Gasteiger partial charge on any atom is -0.494 e. The Morgan fingerprint density at radius 1 is 1.24 bits per heavy atom. The Bertz CT molecular complexity index is 1390. The fourth-order valence-electron chi connectivity index (χ4n) is 4.57. The number of aryl methyl sites for hydroxylation is 1. The highest BCUT2D eigenvalue weighted by Crippen LogP contribution is 2.57. The second kappa shape index (κ2) is 8.22. The van der Waals surface area contributed by atoms with E-state index in [4.69, 9.17) is 15.2 Å². The molecule has 1 amide bonds. The Kier molecular flexibility index (Phi) is 5.33. The number of nitrogens with one attached hydrogen (secondary N) is 2. The van der Waals surface area contributed by atoms with Crippen LogP contribution < -0.4 is 20.5 Å². The maximum atomic E-state index is 13.7. The molecule has 2 aliphatic heterocycles. The van der Waals surface area contributed by atoms with E-state index in [-0.39, 0.29) is 23.2 Å². The molecule has 1 spiro atoms. The van der Waals surface area contributed by atoms with Crippen molar-refractivity contribution >= 4 is 27.5 Å². The van der Waals surface area contributed by atoms with E-state index in [0.29, 0.717) is 33.6 Å². The predicted molar refractivity (Wildman–Crippen MR) is 130 cm³/mol. The molecular formula is C25H22BrN5O3. The molecule has 0 radical (unpaired) electrons. The molecule has 4 N–H and O–H groups in total. The van der Waals surface area contributed by atoms with Crippen molar-refractivity contribution < 1.29 is 14.3 Å². The summed E-state index contributed by atoms with van der Waals surface area (Å²) in [4.78, 5) is 13.7. The number of rotatable bonds is 5. The van der Waals surface area contributed by atoms with E-state index < -0.39 is 5.41 Å². The lowest BCUT2D eigenvalue weighted by atomic mass is 9.68. The van der Waals surface area contributed by atoms with E-state index in [1.165, 1.54) is 0 Å². The quantitative estimate of drug-likeness (QED) is 0.421. The third-order valence-corrected chi connectivity index (χ3v) is 7.28. The number of aromatic amines is 1. The van der Waals surface area contributed by atoms with Gasteiger partial charge in [-0.15, -0.1) is 5.10 Å². The lowest BCUT2D eigenvalue weighted by Gasteiger charge is -2.32. The summed E-state index contributed by atoms with van der Waals surface area (Å²) in [5.74, 6) is 0.371. The normalized spacial score (nSPS) is 18.2. The van der Waals surface area contributed by atoms with Gasteiger partial charge in [0.1, 0.15) is 22.8 Å². The fourth-order valence-corrected chi connectivity index (χ4v) is 5.21. The first-order chi connectivity index (χ1) is 16.4. The topological polar surface area (TPSA) is 126 Å². The monoisotopic (exact) mass is 519 g/mol. The number of aromatic nitrogens is 2.